The summed E-state index contributed by atoms with van der Waals surface area (Å²) in [6.07, 6.45) is 3.22. The summed E-state index contributed by atoms with van der Waals surface area (Å²) in [6, 6.07) is 8.41. The number of piperidine rings is 1. The van der Waals surface area contributed by atoms with Crippen molar-refractivity contribution >= 4 is 32.2 Å². The number of aromatic hydroxyl groups is 1. The number of benzene rings is 1. The van der Waals surface area contributed by atoms with Gasteiger partial charge in [-0.15, -0.1) is 5.10 Å². The predicted octanol–water partition coefficient (Wildman–Crippen LogP) is 4.64. The molecule has 0 radical (unpaired) electrons. The Bertz CT molecular complexity index is 922. The van der Waals surface area contributed by atoms with Gasteiger partial charge in [0.15, 0.2) is 5.82 Å². The molecule has 1 saturated heterocycles. The maximum Gasteiger partial charge on any atom is 0.230 e. The van der Waals surface area contributed by atoms with E-state index in [4.69, 9.17) is 0 Å². The minimum absolute atomic E-state index is 0.0221. The van der Waals surface area contributed by atoms with Gasteiger partial charge in [0.25, 0.3) is 0 Å². The molecule has 1 aliphatic heterocycles. The summed E-state index contributed by atoms with van der Waals surface area (Å²) in [6.45, 7) is 6.40. The van der Waals surface area contributed by atoms with Gasteiger partial charge >= 0.3 is 0 Å². The van der Waals surface area contributed by atoms with Crippen LogP contribution in [0.2, 0.25) is 0 Å². The van der Waals surface area contributed by atoms with Crippen LogP contribution in [0.5, 0.6) is 5.88 Å². The molecule has 1 N–H and O–H groups in total. The highest BCUT2D eigenvalue weighted by Crippen LogP contribution is 2.41. The Hall–Kier alpha value is -1.44. The van der Waals surface area contributed by atoms with E-state index in [2.05, 4.69) is 56.0 Å². The molecule has 2 aromatic heterocycles. The molecule has 7 heteroatoms. The fourth-order valence-corrected chi connectivity index (χ4v) is 5.34. The monoisotopic (exact) mass is 434 g/mol. The topological polar surface area (TPSA) is 53.7 Å². The third-order valence-electron chi connectivity index (χ3n) is 5.03. The van der Waals surface area contributed by atoms with Crippen LogP contribution in [0.4, 0.5) is 0 Å². The molecule has 0 aliphatic carbocycles. The molecule has 3 aromatic rings. The van der Waals surface area contributed by atoms with Gasteiger partial charge in [-0.3, -0.25) is 4.90 Å². The number of aryl methyl sites for hydroxylation is 1. The van der Waals surface area contributed by atoms with Gasteiger partial charge in [-0.05, 0) is 43.0 Å². The molecule has 4 rings (SSSR count). The summed E-state index contributed by atoms with van der Waals surface area (Å²) in [5.41, 5.74) is 1.18. The van der Waals surface area contributed by atoms with Gasteiger partial charge in [-0.25, -0.2) is 4.98 Å². The predicted molar refractivity (Wildman–Crippen MR) is 108 cm³/mol. The second kappa shape index (κ2) is 7.29. The summed E-state index contributed by atoms with van der Waals surface area (Å²) in [7, 11) is 0. The lowest BCUT2D eigenvalue weighted by molar-refractivity contribution is 0.149. The number of hydrogen-bond acceptors (Lipinski definition) is 5. The Morgan fingerprint density at radius 1 is 1.42 bits per heavy atom. The molecule has 2 atom stereocenters. The van der Waals surface area contributed by atoms with Crippen molar-refractivity contribution in [3.8, 4) is 5.88 Å². The van der Waals surface area contributed by atoms with E-state index in [9.17, 15) is 5.11 Å². The van der Waals surface area contributed by atoms with Gasteiger partial charge < -0.3 is 5.11 Å². The van der Waals surface area contributed by atoms with E-state index >= 15 is 0 Å². The number of fused-ring (bicyclic) bond motifs is 1. The van der Waals surface area contributed by atoms with Crippen molar-refractivity contribution in [3.05, 3.63) is 45.0 Å². The Labute approximate surface area is 165 Å². The van der Waals surface area contributed by atoms with Gasteiger partial charge in [0.1, 0.15) is 0 Å². The molecule has 1 aromatic carbocycles. The highest BCUT2D eigenvalue weighted by Gasteiger charge is 2.31. The smallest absolute Gasteiger partial charge is 0.230 e. The van der Waals surface area contributed by atoms with Crippen molar-refractivity contribution < 1.29 is 5.11 Å². The lowest BCUT2D eigenvalue weighted by atomic mass is 9.95. The highest BCUT2D eigenvalue weighted by molar-refractivity contribution is 9.10. The summed E-state index contributed by atoms with van der Waals surface area (Å²) in [4.78, 5) is 8.73. The number of likely N-dealkylation sites (tertiary alicyclic amines) is 1. The van der Waals surface area contributed by atoms with Gasteiger partial charge in [0, 0.05) is 17.4 Å². The first-order chi connectivity index (χ1) is 12.6. The fourth-order valence-electron chi connectivity index (χ4n) is 3.78. The zero-order chi connectivity index (χ0) is 18.3. The highest BCUT2D eigenvalue weighted by atomic mass is 79.9. The lowest BCUT2D eigenvalue weighted by Gasteiger charge is -2.37. The van der Waals surface area contributed by atoms with Crippen molar-refractivity contribution in [2.24, 2.45) is 5.92 Å². The molecule has 5 nitrogen and oxygen atoms in total. The molecule has 138 valence electrons. The minimum Gasteiger partial charge on any atom is -0.492 e. The van der Waals surface area contributed by atoms with Crippen LogP contribution in [-0.4, -0.2) is 37.7 Å². The van der Waals surface area contributed by atoms with E-state index in [1.807, 2.05) is 13.0 Å². The SMILES string of the molecule is CCc1nc2sc([C@@H](c3cccc(Br)c3)N3CCC[C@@H](C)C3)c(O)n2n1. The number of rotatable bonds is 4. The van der Waals surface area contributed by atoms with Crippen LogP contribution < -0.4 is 0 Å². The van der Waals surface area contributed by atoms with Gasteiger partial charge in [0.2, 0.25) is 10.8 Å². The first-order valence-corrected chi connectivity index (χ1v) is 10.7. The number of thiazole rings is 1. The van der Waals surface area contributed by atoms with Crippen LogP contribution in [0.1, 0.15) is 49.0 Å². The van der Waals surface area contributed by atoms with E-state index in [0.29, 0.717) is 5.92 Å². The molecule has 0 saturated carbocycles. The summed E-state index contributed by atoms with van der Waals surface area (Å²) >= 11 is 5.14. The first kappa shape index (κ1) is 17.9. The quantitative estimate of drug-likeness (QED) is 0.649. The van der Waals surface area contributed by atoms with Gasteiger partial charge in [-0.1, -0.05) is 53.2 Å². The van der Waals surface area contributed by atoms with Crippen molar-refractivity contribution in [2.75, 3.05) is 13.1 Å². The molecule has 0 unspecified atom stereocenters. The number of aromatic nitrogens is 3. The third kappa shape index (κ3) is 3.28. The summed E-state index contributed by atoms with van der Waals surface area (Å²) in [5, 5.41) is 15.4. The molecule has 0 bridgehead atoms. The molecule has 0 spiro atoms. The molecule has 1 fully saturated rings. The molecule has 26 heavy (non-hydrogen) atoms. The number of nitrogens with zero attached hydrogens (tertiary/aromatic N) is 4. The van der Waals surface area contributed by atoms with Gasteiger partial charge in [-0.2, -0.15) is 4.52 Å². The van der Waals surface area contributed by atoms with E-state index < -0.39 is 0 Å². The van der Waals surface area contributed by atoms with Crippen LogP contribution in [0.15, 0.2) is 28.7 Å². The number of halogens is 1. The molecule has 3 heterocycles. The van der Waals surface area contributed by atoms with E-state index in [1.165, 1.54) is 18.4 Å². The Kier molecular flexibility index (Phi) is 5.03. The molecular weight excluding hydrogens is 412 g/mol. The largest absolute Gasteiger partial charge is 0.492 e. The second-order valence-electron chi connectivity index (χ2n) is 7.07. The van der Waals surface area contributed by atoms with Crippen molar-refractivity contribution in [3.63, 3.8) is 0 Å². The average Bonchev–Trinajstić information content (AvgIpc) is 3.15. The van der Waals surface area contributed by atoms with E-state index in [0.717, 1.165) is 39.6 Å². The van der Waals surface area contributed by atoms with E-state index in [1.54, 1.807) is 15.9 Å². The molecule has 0 amide bonds. The Morgan fingerprint density at radius 2 is 2.27 bits per heavy atom. The van der Waals surface area contributed by atoms with Crippen LogP contribution in [0.25, 0.3) is 4.96 Å². The normalized spacial score (nSPS) is 19.9. The minimum atomic E-state index is 0.0221. The van der Waals surface area contributed by atoms with Crippen LogP contribution >= 0.6 is 27.3 Å². The standard InChI is InChI=1S/C19H23BrN4OS/c1-3-15-21-19-24(22-15)18(25)17(26-19)16(13-7-4-8-14(20)10-13)23-9-5-6-12(2)11-23/h4,7-8,10,12,16,25H,3,5-6,9,11H2,1-2H3/t12-,16-/m1/s1. The van der Waals surface area contributed by atoms with Crippen molar-refractivity contribution in [2.45, 2.75) is 39.2 Å². The summed E-state index contributed by atoms with van der Waals surface area (Å²) in [5.74, 6) is 1.65. The number of hydrogen-bond donors (Lipinski definition) is 1. The molecule has 1 aliphatic rings. The Morgan fingerprint density at radius 3 is 2.96 bits per heavy atom. The maximum absolute atomic E-state index is 10.9. The average molecular weight is 435 g/mol. The lowest BCUT2D eigenvalue weighted by Crippen LogP contribution is -2.37. The van der Waals surface area contributed by atoms with Crippen molar-refractivity contribution in [1.29, 1.82) is 0 Å². The van der Waals surface area contributed by atoms with Crippen LogP contribution in [0, 0.1) is 5.92 Å². The first-order valence-electron chi connectivity index (χ1n) is 9.13. The van der Waals surface area contributed by atoms with Crippen molar-refractivity contribution in [1.82, 2.24) is 19.5 Å². The van der Waals surface area contributed by atoms with Crippen LogP contribution in [0.3, 0.4) is 0 Å². The zero-order valence-electron chi connectivity index (χ0n) is 15.0. The van der Waals surface area contributed by atoms with Crippen LogP contribution in [-0.2, 0) is 6.42 Å². The van der Waals surface area contributed by atoms with Gasteiger partial charge in [0.05, 0.1) is 10.9 Å². The third-order valence-corrected chi connectivity index (χ3v) is 6.59. The zero-order valence-corrected chi connectivity index (χ0v) is 17.4. The summed E-state index contributed by atoms with van der Waals surface area (Å²) < 4.78 is 2.65. The molecular formula is C19H23BrN4OS. The second-order valence-corrected chi connectivity index (χ2v) is 8.99. The fraction of sp³-hybridized carbons (Fsp3) is 0.474. The van der Waals surface area contributed by atoms with E-state index in [-0.39, 0.29) is 11.9 Å². The Balaban J connectivity index is 1.82. The maximum atomic E-state index is 10.9.